The molecule has 164 valence electrons. The molecule has 3 aromatic rings. The molecule has 0 aliphatic carbocycles. The Balaban J connectivity index is 1.54. The maximum atomic E-state index is 12.6. The monoisotopic (exact) mass is 429 g/mol. The van der Waals surface area contributed by atoms with E-state index in [2.05, 4.69) is 22.5 Å². The van der Waals surface area contributed by atoms with Crippen molar-refractivity contribution in [2.24, 2.45) is 0 Å². The summed E-state index contributed by atoms with van der Waals surface area (Å²) in [5.74, 6) is 0.267. The predicted octanol–water partition coefficient (Wildman–Crippen LogP) is 4.79. The van der Waals surface area contributed by atoms with E-state index >= 15 is 0 Å². The van der Waals surface area contributed by atoms with Crippen LogP contribution in [0.2, 0.25) is 0 Å². The van der Waals surface area contributed by atoms with Crippen LogP contribution in [0.25, 0.3) is 0 Å². The van der Waals surface area contributed by atoms with Gasteiger partial charge in [-0.2, -0.15) is 0 Å². The van der Waals surface area contributed by atoms with Crippen molar-refractivity contribution in [1.29, 1.82) is 0 Å². The first-order valence-electron chi connectivity index (χ1n) is 10.4. The van der Waals surface area contributed by atoms with Crippen molar-refractivity contribution in [3.8, 4) is 5.75 Å². The first-order valence-corrected chi connectivity index (χ1v) is 10.4. The van der Waals surface area contributed by atoms with Gasteiger partial charge in [0, 0.05) is 23.0 Å². The van der Waals surface area contributed by atoms with Crippen molar-refractivity contribution in [2.75, 3.05) is 23.8 Å². The van der Waals surface area contributed by atoms with Gasteiger partial charge >= 0.3 is 0 Å². The van der Waals surface area contributed by atoms with Crippen molar-refractivity contribution >= 4 is 23.2 Å². The lowest BCUT2D eigenvalue weighted by Crippen LogP contribution is -2.27. The van der Waals surface area contributed by atoms with Gasteiger partial charge in [-0.3, -0.25) is 9.59 Å². The van der Waals surface area contributed by atoms with E-state index in [1.807, 2.05) is 61.5 Å². The summed E-state index contributed by atoms with van der Waals surface area (Å²) in [7, 11) is 0. The lowest BCUT2D eigenvalue weighted by Gasteiger charge is -2.15. The van der Waals surface area contributed by atoms with E-state index in [9.17, 15) is 9.59 Å². The van der Waals surface area contributed by atoms with E-state index in [0.717, 1.165) is 11.3 Å². The molecule has 0 spiro atoms. The van der Waals surface area contributed by atoms with Crippen LogP contribution in [0.15, 0.2) is 91.5 Å². The molecule has 0 fully saturated rings. The molecule has 1 atom stereocenters. The maximum Gasteiger partial charge on any atom is 0.251 e. The number of rotatable bonds is 10. The Bertz CT molecular complexity index is 1070. The Labute approximate surface area is 188 Å². The minimum absolute atomic E-state index is 0.0758. The molecule has 2 amide bonds. The van der Waals surface area contributed by atoms with Crippen LogP contribution in [0.5, 0.6) is 5.75 Å². The molecule has 6 heteroatoms. The molecule has 1 unspecified atom stereocenters. The first-order chi connectivity index (χ1) is 15.5. The molecule has 0 heterocycles. The third-order valence-electron chi connectivity index (χ3n) is 4.71. The van der Waals surface area contributed by atoms with Gasteiger partial charge in [0.1, 0.15) is 12.4 Å². The van der Waals surface area contributed by atoms with E-state index in [1.54, 1.807) is 30.3 Å². The van der Waals surface area contributed by atoms with Gasteiger partial charge in [0.2, 0.25) is 5.91 Å². The van der Waals surface area contributed by atoms with Crippen LogP contribution in [0.3, 0.4) is 0 Å². The predicted molar refractivity (Wildman–Crippen MR) is 128 cm³/mol. The van der Waals surface area contributed by atoms with Gasteiger partial charge in [-0.25, -0.2) is 0 Å². The zero-order chi connectivity index (χ0) is 22.8. The molecular weight excluding hydrogens is 402 g/mol. The molecule has 0 radical (unpaired) electrons. The second-order valence-corrected chi connectivity index (χ2v) is 7.22. The second-order valence-electron chi connectivity index (χ2n) is 7.22. The van der Waals surface area contributed by atoms with E-state index in [4.69, 9.17) is 4.74 Å². The minimum Gasteiger partial charge on any atom is -0.489 e. The lowest BCUT2D eigenvalue weighted by atomic mass is 10.1. The zero-order valence-electron chi connectivity index (χ0n) is 18.0. The Morgan fingerprint density at radius 3 is 2.50 bits per heavy atom. The van der Waals surface area contributed by atoms with Crippen molar-refractivity contribution in [1.82, 2.24) is 5.32 Å². The van der Waals surface area contributed by atoms with E-state index in [0.29, 0.717) is 23.6 Å². The number of anilines is 2. The molecule has 32 heavy (non-hydrogen) atoms. The molecule has 0 saturated heterocycles. The number of hydrogen-bond donors (Lipinski definition) is 3. The molecule has 3 aromatic carbocycles. The molecule has 0 bridgehead atoms. The number of carbonyl (C=O) groups excluding carboxylic acids is 2. The number of nitrogens with one attached hydrogen (secondary N) is 3. The molecule has 0 aromatic heterocycles. The summed E-state index contributed by atoms with van der Waals surface area (Å²) < 4.78 is 5.49. The van der Waals surface area contributed by atoms with Gasteiger partial charge in [0.15, 0.2) is 0 Å². The highest BCUT2D eigenvalue weighted by Gasteiger charge is 2.12. The highest BCUT2D eigenvalue weighted by Crippen LogP contribution is 2.18. The number of benzene rings is 3. The Morgan fingerprint density at radius 1 is 0.969 bits per heavy atom. The smallest absolute Gasteiger partial charge is 0.251 e. The van der Waals surface area contributed by atoms with Crippen LogP contribution in [-0.4, -0.2) is 25.0 Å². The average Bonchev–Trinajstić information content (AvgIpc) is 2.82. The minimum atomic E-state index is -0.224. The number of ether oxygens (including phenoxy) is 1. The van der Waals surface area contributed by atoms with Gasteiger partial charge in [-0.15, -0.1) is 0 Å². The quantitative estimate of drug-likeness (QED) is 0.405. The summed E-state index contributed by atoms with van der Waals surface area (Å²) >= 11 is 0. The summed E-state index contributed by atoms with van der Waals surface area (Å²) in [6.07, 6.45) is 1.67. The Kier molecular flexibility index (Phi) is 8.03. The number of hydrogen-bond acceptors (Lipinski definition) is 4. The Morgan fingerprint density at radius 2 is 1.72 bits per heavy atom. The van der Waals surface area contributed by atoms with E-state index in [1.165, 1.54) is 0 Å². The molecule has 3 N–H and O–H groups in total. The summed E-state index contributed by atoms with van der Waals surface area (Å²) in [5, 5.41) is 8.86. The fourth-order valence-corrected chi connectivity index (χ4v) is 3.08. The third-order valence-corrected chi connectivity index (χ3v) is 4.71. The van der Waals surface area contributed by atoms with E-state index < -0.39 is 0 Å². The number of carbonyl (C=O) groups is 2. The van der Waals surface area contributed by atoms with Crippen LogP contribution in [0.1, 0.15) is 28.9 Å². The third kappa shape index (κ3) is 6.74. The van der Waals surface area contributed by atoms with Gasteiger partial charge in [-0.05, 0) is 42.8 Å². The largest absolute Gasteiger partial charge is 0.489 e. The fraction of sp³-hybridized carbons (Fsp3) is 0.154. The van der Waals surface area contributed by atoms with E-state index in [-0.39, 0.29) is 24.4 Å². The summed E-state index contributed by atoms with van der Waals surface area (Å²) in [5.41, 5.74) is 2.82. The molecule has 3 rings (SSSR count). The van der Waals surface area contributed by atoms with Gasteiger partial charge in [-0.1, -0.05) is 55.1 Å². The topological polar surface area (TPSA) is 79.5 Å². The SMILES string of the molecule is C=CCOc1cccc(NCC(=O)Nc2cccc(C(=O)NC(C)c3ccccc3)c2)c1. The van der Waals surface area contributed by atoms with Crippen molar-refractivity contribution in [2.45, 2.75) is 13.0 Å². The van der Waals surface area contributed by atoms with Crippen molar-refractivity contribution < 1.29 is 14.3 Å². The van der Waals surface area contributed by atoms with Crippen molar-refractivity contribution in [3.63, 3.8) is 0 Å². The standard InChI is InChI=1S/C26H27N3O3/c1-3-15-32-24-14-8-12-22(17-24)27-18-25(30)29-23-13-7-11-21(16-23)26(31)28-19(2)20-9-5-4-6-10-20/h3-14,16-17,19,27H,1,15,18H2,2H3,(H,28,31)(H,29,30). The normalized spacial score (nSPS) is 11.2. The van der Waals surface area contributed by atoms with Crippen LogP contribution in [-0.2, 0) is 4.79 Å². The van der Waals surface area contributed by atoms with Crippen molar-refractivity contribution in [3.05, 3.63) is 103 Å². The maximum absolute atomic E-state index is 12.6. The summed E-state index contributed by atoms with van der Waals surface area (Å²) in [6, 6.07) is 23.8. The first kappa shape index (κ1) is 22.6. The van der Waals surface area contributed by atoms with Gasteiger partial charge in [0.05, 0.1) is 12.6 Å². The lowest BCUT2D eigenvalue weighted by molar-refractivity contribution is -0.114. The molecular formula is C26H27N3O3. The zero-order valence-corrected chi connectivity index (χ0v) is 18.0. The highest BCUT2D eigenvalue weighted by molar-refractivity contribution is 5.98. The summed E-state index contributed by atoms with van der Waals surface area (Å²) in [4.78, 5) is 25.0. The van der Waals surface area contributed by atoms with Crippen LogP contribution in [0.4, 0.5) is 11.4 Å². The second kappa shape index (κ2) is 11.4. The Hall–Kier alpha value is -4.06. The average molecular weight is 430 g/mol. The highest BCUT2D eigenvalue weighted by atomic mass is 16.5. The molecule has 0 saturated carbocycles. The van der Waals surface area contributed by atoms with Crippen LogP contribution < -0.4 is 20.7 Å². The van der Waals surface area contributed by atoms with Crippen LogP contribution >= 0.6 is 0 Å². The van der Waals surface area contributed by atoms with Gasteiger partial charge in [0.25, 0.3) is 5.91 Å². The number of amides is 2. The molecule has 0 aliphatic heterocycles. The summed E-state index contributed by atoms with van der Waals surface area (Å²) in [6.45, 7) is 6.05. The van der Waals surface area contributed by atoms with Gasteiger partial charge < -0.3 is 20.7 Å². The van der Waals surface area contributed by atoms with Crippen LogP contribution in [0, 0.1) is 0 Å². The molecule has 0 aliphatic rings. The molecule has 6 nitrogen and oxygen atoms in total. The fourth-order valence-electron chi connectivity index (χ4n) is 3.08.